The van der Waals surface area contributed by atoms with Crippen LogP contribution in [0.1, 0.15) is 23.2 Å². The molecule has 3 aromatic heterocycles. The first kappa shape index (κ1) is 21.6. The van der Waals surface area contributed by atoms with Crippen LogP contribution in [0.25, 0.3) is 10.3 Å². The molecule has 1 N–H and O–H groups in total. The molecule has 4 heterocycles. The van der Waals surface area contributed by atoms with Crippen molar-refractivity contribution in [2.45, 2.75) is 17.4 Å². The second-order valence-electron chi connectivity index (χ2n) is 7.18. The van der Waals surface area contributed by atoms with Gasteiger partial charge in [-0.15, -0.1) is 0 Å². The van der Waals surface area contributed by atoms with E-state index < -0.39 is 16.1 Å². The number of pyridine rings is 2. The van der Waals surface area contributed by atoms with Gasteiger partial charge in [-0.2, -0.15) is 4.72 Å². The first-order valence-corrected chi connectivity index (χ1v) is 12.5. The third kappa shape index (κ3) is 4.34. The van der Waals surface area contributed by atoms with E-state index >= 15 is 0 Å². The molecule has 170 valence electrons. The number of thiazole rings is 1. The number of hydrogen-bond donors (Lipinski definition) is 1. The van der Waals surface area contributed by atoms with Crippen molar-refractivity contribution >= 4 is 31.7 Å². The first-order chi connectivity index (χ1) is 16.0. The molecule has 4 aromatic rings. The summed E-state index contributed by atoms with van der Waals surface area (Å²) in [4.78, 5) is 14.1. The minimum atomic E-state index is -4.00. The van der Waals surface area contributed by atoms with Crippen molar-refractivity contribution in [1.82, 2.24) is 19.7 Å². The van der Waals surface area contributed by atoms with E-state index in [1.165, 1.54) is 30.6 Å². The molecule has 1 atom stereocenters. The topological polar surface area (TPSA) is 113 Å². The number of methoxy groups -OCH3 is 1. The van der Waals surface area contributed by atoms with Crippen LogP contribution in [0.2, 0.25) is 0 Å². The van der Waals surface area contributed by atoms with Crippen LogP contribution in [-0.4, -0.2) is 43.7 Å². The van der Waals surface area contributed by atoms with E-state index in [2.05, 4.69) is 19.7 Å². The Morgan fingerprint density at radius 1 is 1.06 bits per heavy atom. The maximum absolute atomic E-state index is 13.5. The highest BCUT2D eigenvalue weighted by Crippen LogP contribution is 2.35. The summed E-state index contributed by atoms with van der Waals surface area (Å²) in [5, 5.41) is 0.499. The lowest BCUT2D eigenvalue weighted by Gasteiger charge is -2.19. The predicted molar refractivity (Wildman–Crippen MR) is 122 cm³/mol. The zero-order valence-corrected chi connectivity index (χ0v) is 19.2. The van der Waals surface area contributed by atoms with Gasteiger partial charge in [-0.25, -0.2) is 18.4 Å². The van der Waals surface area contributed by atoms with Crippen molar-refractivity contribution in [3.8, 4) is 17.2 Å². The Balaban J connectivity index is 1.57. The minimum Gasteiger partial charge on any atom is -0.495 e. The van der Waals surface area contributed by atoms with Gasteiger partial charge in [-0.05, 0) is 36.4 Å². The molecule has 33 heavy (non-hydrogen) atoms. The summed E-state index contributed by atoms with van der Waals surface area (Å²) < 4.78 is 46.4. The smallest absolute Gasteiger partial charge is 0.241 e. The molecule has 0 unspecified atom stereocenters. The lowest BCUT2D eigenvalue weighted by atomic mass is 10.2. The fourth-order valence-corrected chi connectivity index (χ4v) is 5.68. The van der Waals surface area contributed by atoms with Crippen molar-refractivity contribution in [2.75, 3.05) is 20.3 Å². The maximum Gasteiger partial charge on any atom is 0.241 e. The van der Waals surface area contributed by atoms with E-state index in [4.69, 9.17) is 14.2 Å². The zero-order chi connectivity index (χ0) is 22.8. The molecule has 0 amide bonds. The van der Waals surface area contributed by atoms with E-state index in [1.54, 1.807) is 36.7 Å². The number of sulfonamides is 1. The molecule has 0 saturated carbocycles. The van der Waals surface area contributed by atoms with E-state index in [0.717, 1.165) is 6.42 Å². The summed E-state index contributed by atoms with van der Waals surface area (Å²) in [6.07, 6.45) is 3.98. The van der Waals surface area contributed by atoms with Crippen LogP contribution in [0.4, 0.5) is 0 Å². The van der Waals surface area contributed by atoms with E-state index in [9.17, 15) is 8.42 Å². The molecule has 0 spiro atoms. The van der Waals surface area contributed by atoms with Gasteiger partial charge in [-0.3, -0.25) is 4.98 Å². The third-order valence-electron chi connectivity index (χ3n) is 5.03. The highest BCUT2D eigenvalue weighted by molar-refractivity contribution is 7.89. The Hall–Kier alpha value is -3.28. The molecular formula is C22H20N4O5S2. The molecule has 0 radical (unpaired) electrons. The highest BCUT2D eigenvalue weighted by Gasteiger charge is 2.30. The number of nitrogens with one attached hydrogen (secondary N) is 1. The van der Waals surface area contributed by atoms with Crippen molar-refractivity contribution in [1.29, 1.82) is 0 Å². The van der Waals surface area contributed by atoms with Crippen molar-refractivity contribution < 1.29 is 22.6 Å². The molecule has 11 heteroatoms. The molecule has 0 fully saturated rings. The predicted octanol–water partition coefficient (Wildman–Crippen LogP) is 3.32. The monoisotopic (exact) mass is 484 g/mol. The number of fused-ring (bicyclic) bond motifs is 2. The molecular weight excluding hydrogens is 464 g/mol. The SMILES string of the molecule is COc1cccnc1[C@H](NS(=O)(=O)c1ccc2c(c1)OCCCO2)c1nc2cccnc2s1. The zero-order valence-electron chi connectivity index (χ0n) is 17.6. The number of rotatable bonds is 6. The Kier molecular flexibility index (Phi) is 5.83. The Labute approximate surface area is 194 Å². The Morgan fingerprint density at radius 2 is 1.85 bits per heavy atom. The number of aromatic nitrogens is 3. The van der Waals surface area contributed by atoms with Gasteiger partial charge in [-0.1, -0.05) is 11.3 Å². The van der Waals surface area contributed by atoms with Crippen LogP contribution in [0.15, 0.2) is 59.8 Å². The van der Waals surface area contributed by atoms with Gasteiger partial charge >= 0.3 is 0 Å². The standard InChI is InChI=1S/C22H20N4O5S2/c1-29-17-6-3-9-23-19(17)20(22-25-15-5-2-10-24-21(15)32-22)26-33(27,28)14-7-8-16-18(13-14)31-12-4-11-30-16/h2-3,5-10,13,20,26H,4,11-12H2,1H3/t20-/m0/s1. The number of hydrogen-bond acceptors (Lipinski definition) is 9. The Morgan fingerprint density at radius 3 is 2.67 bits per heavy atom. The molecule has 1 aromatic carbocycles. The van der Waals surface area contributed by atoms with Gasteiger partial charge in [0.15, 0.2) is 11.5 Å². The van der Waals surface area contributed by atoms with Crippen molar-refractivity contribution in [2.24, 2.45) is 0 Å². The number of nitrogens with zero attached hydrogens (tertiary/aromatic N) is 3. The Bertz CT molecular complexity index is 1370. The van der Waals surface area contributed by atoms with Crippen LogP contribution in [0, 0.1) is 0 Å². The summed E-state index contributed by atoms with van der Waals surface area (Å²) in [6, 6.07) is 10.7. The molecule has 9 nitrogen and oxygen atoms in total. The summed E-state index contributed by atoms with van der Waals surface area (Å²) in [5.74, 6) is 1.36. The van der Waals surface area contributed by atoms with Gasteiger partial charge in [0, 0.05) is 24.9 Å². The van der Waals surface area contributed by atoms with Gasteiger partial charge in [0.25, 0.3) is 0 Å². The average molecular weight is 485 g/mol. The fourth-order valence-electron chi connectivity index (χ4n) is 3.46. The fraction of sp³-hybridized carbons (Fsp3) is 0.227. The molecule has 5 rings (SSSR count). The number of benzene rings is 1. The maximum atomic E-state index is 13.5. The number of ether oxygens (including phenoxy) is 3. The second kappa shape index (κ2) is 8.93. The van der Waals surface area contributed by atoms with Crippen molar-refractivity contribution in [3.05, 3.63) is 65.6 Å². The van der Waals surface area contributed by atoms with Crippen LogP contribution >= 0.6 is 11.3 Å². The second-order valence-corrected chi connectivity index (χ2v) is 9.91. The van der Waals surface area contributed by atoms with E-state index in [-0.39, 0.29) is 4.90 Å². The average Bonchev–Trinajstić information content (AvgIpc) is 3.12. The van der Waals surface area contributed by atoms with Crippen molar-refractivity contribution in [3.63, 3.8) is 0 Å². The third-order valence-corrected chi connectivity index (χ3v) is 7.49. The van der Waals surface area contributed by atoms with Crippen LogP contribution < -0.4 is 18.9 Å². The first-order valence-electron chi connectivity index (χ1n) is 10.2. The highest BCUT2D eigenvalue weighted by atomic mass is 32.2. The van der Waals surface area contributed by atoms with E-state index in [1.807, 2.05) is 6.07 Å². The van der Waals surface area contributed by atoms with Gasteiger partial charge < -0.3 is 14.2 Å². The van der Waals surface area contributed by atoms with Gasteiger partial charge in [0.05, 0.1) is 25.2 Å². The molecule has 0 bridgehead atoms. The van der Waals surface area contributed by atoms with Gasteiger partial charge in [0.2, 0.25) is 10.0 Å². The summed E-state index contributed by atoms with van der Waals surface area (Å²) in [6.45, 7) is 0.973. The van der Waals surface area contributed by atoms with Crippen LogP contribution in [-0.2, 0) is 10.0 Å². The summed E-state index contributed by atoms with van der Waals surface area (Å²) in [5.41, 5.74) is 1.07. The van der Waals surface area contributed by atoms with Crippen LogP contribution in [0.3, 0.4) is 0 Å². The quantitative estimate of drug-likeness (QED) is 0.444. The summed E-state index contributed by atoms with van der Waals surface area (Å²) in [7, 11) is -2.49. The minimum absolute atomic E-state index is 0.0471. The lowest BCUT2D eigenvalue weighted by Crippen LogP contribution is -2.30. The van der Waals surface area contributed by atoms with E-state index in [0.29, 0.717) is 51.5 Å². The summed E-state index contributed by atoms with van der Waals surface area (Å²) >= 11 is 1.29. The normalized spacial score (nSPS) is 14.6. The molecule has 0 aliphatic carbocycles. The molecule has 1 aliphatic rings. The van der Waals surface area contributed by atoms with Crippen LogP contribution in [0.5, 0.6) is 17.2 Å². The largest absolute Gasteiger partial charge is 0.495 e. The molecule has 0 saturated heterocycles. The molecule has 1 aliphatic heterocycles. The lowest BCUT2D eigenvalue weighted by molar-refractivity contribution is 0.297. The van der Waals surface area contributed by atoms with Gasteiger partial charge in [0.1, 0.15) is 32.8 Å².